The molecule has 1 saturated heterocycles. The molecule has 0 bridgehead atoms. The highest BCUT2D eigenvalue weighted by Gasteiger charge is 2.50. The fraction of sp³-hybridized carbons (Fsp3) is 0.667. The van der Waals surface area contributed by atoms with Crippen molar-refractivity contribution in [2.45, 2.75) is 78.0 Å². The zero-order valence-electron chi connectivity index (χ0n) is 21.6. The second-order valence-electron chi connectivity index (χ2n) is 9.57. The Morgan fingerprint density at radius 1 is 1.06 bits per heavy atom. The Balaban J connectivity index is 1.80. The highest BCUT2D eigenvalue weighted by atomic mass is 32.1. The van der Waals surface area contributed by atoms with Gasteiger partial charge in [0.2, 0.25) is 23.6 Å². The number of carbonyl (C=O) groups is 5. The first-order valence-electron chi connectivity index (χ1n) is 12.2. The van der Waals surface area contributed by atoms with E-state index in [1.807, 2.05) is 27.7 Å². The number of aryl methyl sites for hydroxylation is 1. The Morgan fingerprint density at radius 3 is 2.19 bits per heavy atom. The van der Waals surface area contributed by atoms with Crippen LogP contribution in [-0.2, 0) is 35.1 Å². The first kappa shape index (κ1) is 29.4. The maximum absolute atomic E-state index is 12.7. The van der Waals surface area contributed by atoms with E-state index in [9.17, 15) is 24.0 Å². The van der Waals surface area contributed by atoms with Crippen LogP contribution in [0.25, 0.3) is 0 Å². The van der Waals surface area contributed by atoms with Crippen molar-refractivity contribution in [2.75, 3.05) is 19.7 Å². The molecule has 2 heterocycles. The second-order valence-corrected chi connectivity index (χ2v) is 10.6. The van der Waals surface area contributed by atoms with E-state index >= 15 is 0 Å². The molecule has 12 heteroatoms. The van der Waals surface area contributed by atoms with E-state index in [4.69, 9.17) is 4.74 Å². The molecular formula is C24H37N5O6S. The van der Waals surface area contributed by atoms with Gasteiger partial charge >= 0.3 is 0 Å². The standard InChI is InChI=1S/C24H37N5O6S/c1-6-7-17(28-20(31)10-25-19(30)9-16-12-36-15(4)27-16)23(34)26-11-21(32)29-18(8-14(2)3)22(33)24(5)13-35-24/h12,14,17-18H,6-11,13H2,1-5H3,(H,25,30)(H,26,34)(H,28,31)(H,29,32)/t17-,18-,24+/m0/s1. The molecule has 2 rings (SSSR count). The molecule has 1 aromatic rings. The van der Waals surface area contributed by atoms with E-state index < -0.39 is 35.4 Å². The molecule has 200 valence electrons. The molecule has 1 aromatic heterocycles. The molecule has 0 aliphatic carbocycles. The smallest absolute Gasteiger partial charge is 0.243 e. The number of carbonyl (C=O) groups excluding carboxylic acids is 5. The van der Waals surface area contributed by atoms with Crippen LogP contribution in [0.1, 0.15) is 57.7 Å². The first-order valence-corrected chi connectivity index (χ1v) is 13.0. The van der Waals surface area contributed by atoms with E-state index in [1.165, 1.54) is 11.3 Å². The van der Waals surface area contributed by atoms with Gasteiger partial charge in [-0.15, -0.1) is 11.3 Å². The lowest BCUT2D eigenvalue weighted by Gasteiger charge is -2.22. The minimum absolute atomic E-state index is 0.0667. The molecule has 1 aliphatic heterocycles. The zero-order chi connectivity index (χ0) is 26.9. The van der Waals surface area contributed by atoms with Crippen molar-refractivity contribution in [1.82, 2.24) is 26.3 Å². The molecule has 0 unspecified atom stereocenters. The second kappa shape index (κ2) is 13.4. The number of Topliss-reactive ketones (excluding diaryl/α,β-unsaturated/α-hetero) is 1. The maximum Gasteiger partial charge on any atom is 0.243 e. The summed E-state index contributed by atoms with van der Waals surface area (Å²) in [6.07, 6.45) is 1.50. The van der Waals surface area contributed by atoms with Gasteiger partial charge in [-0.2, -0.15) is 0 Å². The molecule has 36 heavy (non-hydrogen) atoms. The number of nitrogens with zero attached hydrogens (tertiary/aromatic N) is 1. The van der Waals surface area contributed by atoms with Gasteiger partial charge < -0.3 is 26.0 Å². The van der Waals surface area contributed by atoms with Crippen molar-refractivity contribution in [3.63, 3.8) is 0 Å². The largest absolute Gasteiger partial charge is 0.361 e. The summed E-state index contributed by atoms with van der Waals surface area (Å²) in [6.45, 7) is 9.01. The third-order valence-corrected chi connectivity index (χ3v) is 6.39. The fourth-order valence-corrected chi connectivity index (χ4v) is 4.17. The highest BCUT2D eigenvalue weighted by molar-refractivity contribution is 7.09. The van der Waals surface area contributed by atoms with Gasteiger partial charge in [0, 0.05) is 5.38 Å². The van der Waals surface area contributed by atoms with Gasteiger partial charge in [-0.1, -0.05) is 27.2 Å². The van der Waals surface area contributed by atoms with Gasteiger partial charge in [0.1, 0.15) is 11.6 Å². The molecule has 1 aliphatic rings. The summed E-state index contributed by atoms with van der Waals surface area (Å²) in [7, 11) is 0. The monoisotopic (exact) mass is 523 g/mol. The molecule has 0 spiro atoms. The summed E-state index contributed by atoms with van der Waals surface area (Å²) < 4.78 is 5.22. The lowest BCUT2D eigenvalue weighted by molar-refractivity contribution is -0.132. The average molecular weight is 524 g/mol. The van der Waals surface area contributed by atoms with E-state index in [0.29, 0.717) is 31.6 Å². The van der Waals surface area contributed by atoms with Crippen LogP contribution in [-0.4, -0.2) is 71.8 Å². The van der Waals surface area contributed by atoms with Crippen LogP contribution in [0.2, 0.25) is 0 Å². The Bertz CT molecular complexity index is 959. The quantitative estimate of drug-likeness (QED) is 0.242. The number of amides is 4. The number of rotatable bonds is 15. The minimum Gasteiger partial charge on any atom is -0.361 e. The van der Waals surface area contributed by atoms with E-state index in [-0.39, 0.29) is 37.1 Å². The van der Waals surface area contributed by atoms with E-state index in [1.54, 1.807) is 12.3 Å². The number of hydrogen-bond donors (Lipinski definition) is 4. The number of nitrogens with one attached hydrogen (secondary N) is 4. The summed E-state index contributed by atoms with van der Waals surface area (Å²) in [6, 6.07) is -1.56. The zero-order valence-corrected chi connectivity index (χ0v) is 22.4. The molecule has 0 saturated carbocycles. The summed E-state index contributed by atoms with van der Waals surface area (Å²) in [5, 5.41) is 13.0. The number of ether oxygens (including phenoxy) is 1. The minimum atomic E-state index is -0.861. The van der Waals surface area contributed by atoms with Gasteiger partial charge in [-0.05, 0) is 32.6 Å². The predicted octanol–water partition coefficient (Wildman–Crippen LogP) is 0.400. The van der Waals surface area contributed by atoms with Crippen molar-refractivity contribution in [3.05, 3.63) is 16.1 Å². The Kier molecular flexibility index (Phi) is 11.0. The summed E-state index contributed by atoms with van der Waals surface area (Å²) in [5.74, 6) is -1.90. The van der Waals surface area contributed by atoms with Crippen molar-refractivity contribution < 1.29 is 28.7 Å². The number of aromatic nitrogens is 1. The van der Waals surface area contributed by atoms with Crippen molar-refractivity contribution in [3.8, 4) is 0 Å². The topological polar surface area (TPSA) is 159 Å². The molecule has 4 N–H and O–H groups in total. The lowest BCUT2D eigenvalue weighted by atomic mass is 9.93. The Hall–Kier alpha value is -2.86. The van der Waals surface area contributed by atoms with Crippen molar-refractivity contribution in [2.24, 2.45) is 5.92 Å². The summed E-state index contributed by atoms with van der Waals surface area (Å²) in [4.78, 5) is 66.3. The van der Waals surface area contributed by atoms with Crippen LogP contribution >= 0.6 is 11.3 Å². The normalized spacial score (nSPS) is 18.2. The Morgan fingerprint density at radius 2 is 1.67 bits per heavy atom. The molecule has 0 aromatic carbocycles. The van der Waals surface area contributed by atoms with Crippen LogP contribution in [0.3, 0.4) is 0 Å². The van der Waals surface area contributed by atoms with Gasteiger partial charge in [0.15, 0.2) is 5.78 Å². The third-order valence-electron chi connectivity index (χ3n) is 5.56. The van der Waals surface area contributed by atoms with Gasteiger partial charge in [0.25, 0.3) is 0 Å². The predicted molar refractivity (Wildman–Crippen MR) is 134 cm³/mol. The van der Waals surface area contributed by atoms with Crippen molar-refractivity contribution >= 4 is 40.7 Å². The van der Waals surface area contributed by atoms with Crippen LogP contribution in [0.5, 0.6) is 0 Å². The summed E-state index contributed by atoms with van der Waals surface area (Å²) >= 11 is 1.44. The van der Waals surface area contributed by atoms with Gasteiger partial charge in [-0.25, -0.2) is 4.98 Å². The lowest BCUT2D eigenvalue weighted by Crippen LogP contribution is -2.53. The van der Waals surface area contributed by atoms with Crippen LogP contribution in [0, 0.1) is 12.8 Å². The first-order chi connectivity index (χ1) is 16.9. The number of epoxide rings is 1. The molecule has 3 atom stereocenters. The van der Waals surface area contributed by atoms with E-state index in [2.05, 4.69) is 26.3 Å². The molecular weight excluding hydrogens is 486 g/mol. The molecule has 1 fully saturated rings. The average Bonchev–Trinajstić information content (AvgIpc) is 3.43. The fourth-order valence-electron chi connectivity index (χ4n) is 3.56. The van der Waals surface area contributed by atoms with Crippen LogP contribution < -0.4 is 21.3 Å². The molecule has 0 radical (unpaired) electrons. The number of ketones is 1. The summed E-state index contributed by atoms with van der Waals surface area (Å²) in [5.41, 5.74) is -0.228. The third kappa shape index (κ3) is 9.65. The van der Waals surface area contributed by atoms with E-state index in [0.717, 1.165) is 5.01 Å². The Labute approximate surface area is 215 Å². The SMILES string of the molecule is CCC[C@H](NC(=O)CNC(=O)Cc1csc(C)n1)C(=O)NCC(=O)N[C@@H](CC(C)C)C(=O)[C@@]1(C)CO1. The number of hydrogen-bond acceptors (Lipinski definition) is 8. The number of thiazole rings is 1. The van der Waals surface area contributed by atoms with Gasteiger partial charge in [0.05, 0.1) is 42.9 Å². The van der Waals surface area contributed by atoms with Crippen LogP contribution in [0.15, 0.2) is 5.38 Å². The van der Waals surface area contributed by atoms with Crippen molar-refractivity contribution in [1.29, 1.82) is 0 Å². The highest BCUT2D eigenvalue weighted by Crippen LogP contribution is 2.29. The molecule has 4 amide bonds. The molecule has 11 nitrogen and oxygen atoms in total. The maximum atomic E-state index is 12.7. The van der Waals surface area contributed by atoms with Gasteiger partial charge in [-0.3, -0.25) is 24.0 Å². The van der Waals surface area contributed by atoms with Crippen LogP contribution in [0.4, 0.5) is 0 Å².